The van der Waals surface area contributed by atoms with Crippen LogP contribution in [0.4, 0.5) is 5.82 Å². The van der Waals surface area contributed by atoms with Gasteiger partial charge in [0, 0.05) is 12.7 Å². The number of hydrogen-bond donors (Lipinski definition) is 2. The monoisotopic (exact) mass is 255 g/mol. The molecule has 0 aromatic carbocycles. The number of hydrogen-bond acceptors (Lipinski definition) is 4. The van der Waals surface area contributed by atoms with Crippen molar-refractivity contribution in [1.82, 2.24) is 9.71 Å². The van der Waals surface area contributed by atoms with Crippen molar-refractivity contribution in [3.05, 3.63) is 18.3 Å². The molecule has 1 aliphatic rings. The van der Waals surface area contributed by atoms with Gasteiger partial charge in [-0.05, 0) is 36.8 Å². The minimum absolute atomic E-state index is 0.0429. The first kappa shape index (κ1) is 12.3. The van der Waals surface area contributed by atoms with Gasteiger partial charge < -0.3 is 5.73 Å². The van der Waals surface area contributed by atoms with Gasteiger partial charge in [-0.25, -0.2) is 18.1 Å². The maximum atomic E-state index is 12.0. The predicted octanol–water partition coefficient (Wildman–Crippen LogP) is 1.13. The van der Waals surface area contributed by atoms with E-state index in [9.17, 15) is 8.42 Å². The largest absolute Gasteiger partial charge is 0.383 e. The normalized spacial score (nSPS) is 17.9. The first-order valence-electron chi connectivity index (χ1n) is 5.69. The summed E-state index contributed by atoms with van der Waals surface area (Å²) in [7, 11) is -3.53. The number of anilines is 1. The fourth-order valence-corrected chi connectivity index (χ4v) is 3.03. The topological polar surface area (TPSA) is 85.1 Å². The van der Waals surface area contributed by atoms with Crippen LogP contribution in [0.2, 0.25) is 0 Å². The molecule has 5 nitrogen and oxygen atoms in total. The molecule has 3 N–H and O–H groups in total. The minimum atomic E-state index is -3.53. The molecule has 1 aromatic heterocycles. The zero-order valence-electron chi connectivity index (χ0n) is 9.81. The molecule has 1 saturated carbocycles. The fraction of sp³-hybridized carbons (Fsp3) is 0.545. The second-order valence-corrected chi connectivity index (χ2v) is 6.30. The van der Waals surface area contributed by atoms with Crippen LogP contribution in [-0.2, 0) is 10.0 Å². The van der Waals surface area contributed by atoms with Crippen molar-refractivity contribution < 1.29 is 8.42 Å². The van der Waals surface area contributed by atoms with E-state index >= 15 is 0 Å². The number of pyridine rings is 1. The molecule has 1 fully saturated rings. The van der Waals surface area contributed by atoms with Crippen LogP contribution in [0.3, 0.4) is 0 Å². The third-order valence-corrected chi connectivity index (χ3v) is 4.88. The van der Waals surface area contributed by atoms with Gasteiger partial charge in [0.05, 0.1) is 0 Å². The lowest BCUT2D eigenvalue weighted by Gasteiger charge is -2.14. The van der Waals surface area contributed by atoms with E-state index in [0.717, 1.165) is 19.3 Å². The van der Waals surface area contributed by atoms with E-state index in [4.69, 9.17) is 5.73 Å². The van der Waals surface area contributed by atoms with E-state index < -0.39 is 10.0 Å². The van der Waals surface area contributed by atoms with Crippen molar-refractivity contribution in [1.29, 1.82) is 0 Å². The van der Waals surface area contributed by atoms with Gasteiger partial charge in [0.2, 0.25) is 10.0 Å². The van der Waals surface area contributed by atoms with Crippen molar-refractivity contribution >= 4 is 15.8 Å². The van der Waals surface area contributed by atoms with Gasteiger partial charge in [-0.3, -0.25) is 0 Å². The Morgan fingerprint density at radius 3 is 2.76 bits per heavy atom. The fourth-order valence-electron chi connectivity index (χ4n) is 1.79. The lowest BCUT2D eigenvalue weighted by molar-refractivity contribution is 0.475. The Bertz CT molecular complexity index is 509. The zero-order valence-corrected chi connectivity index (χ0v) is 10.6. The van der Waals surface area contributed by atoms with Crippen LogP contribution < -0.4 is 10.5 Å². The van der Waals surface area contributed by atoms with Crippen molar-refractivity contribution in [2.45, 2.75) is 31.1 Å². The smallest absolute Gasteiger partial charge is 0.244 e. The molecule has 94 valence electrons. The van der Waals surface area contributed by atoms with E-state index in [1.807, 2.05) is 0 Å². The summed E-state index contributed by atoms with van der Waals surface area (Å²) >= 11 is 0. The van der Waals surface area contributed by atoms with E-state index in [-0.39, 0.29) is 16.1 Å². The highest BCUT2D eigenvalue weighted by atomic mass is 32.2. The number of sulfonamides is 1. The molecule has 6 heteroatoms. The molecule has 0 atom stereocenters. The highest BCUT2D eigenvalue weighted by Crippen LogP contribution is 2.48. The summed E-state index contributed by atoms with van der Waals surface area (Å²) in [6.07, 6.45) is 4.66. The Kier molecular flexibility index (Phi) is 3.09. The van der Waals surface area contributed by atoms with Crippen LogP contribution in [-0.4, -0.2) is 19.9 Å². The number of rotatable bonds is 5. The highest BCUT2D eigenvalue weighted by Gasteiger charge is 2.41. The van der Waals surface area contributed by atoms with Crippen LogP contribution in [0.15, 0.2) is 23.2 Å². The number of aromatic nitrogens is 1. The molecule has 0 spiro atoms. The Hall–Kier alpha value is -1.14. The SMILES string of the molecule is CCC1(CNS(=O)(=O)c2cccnc2N)CC1. The molecule has 0 bridgehead atoms. The lowest BCUT2D eigenvalue weighted by Crippen LogP contribution is -2.30. The Labute approximate surface area is 101 Å². The minimum Gasteiger partial charge on any atom is -0.383 e. The molecule has 0 amide bonds. The van der Waals surface area contributed by atoms with Gasteiger partial charge in [-0.15, -0.1) is 0 Å². The second kappa shape index (κ2) is 4.27. The lowest BCUT2D eigenvalue weighted by atomic mass is 10.1. The van der Waals surface area contributed by atoms with E-state index in [0.29, 0.717) is 6.54 Å². The molecule has 0 aliphatic heterocycles. The van der Waals surface area contributed by atoms with Crippen LogP contribution in [0, 0.1) is 5.41 Å². The zero-order chi connectivity index (χ0) is 12.5. The van der Waals surface area contributed by atoms with Crippen molar-refractivity contribution in [3.63, 3.8) is 0 Å². The number of nitrogens with one attached hydrogen (secondary N) is 1. The second-order valence-electron chi connectivity index (χ2n) is 4.56. The molecule has 0 radical (unpaired) electrons. The predicted molar refractivity (Wildman–Crippen MR) is 65.8 cm³/mol. The van der Waals surface area contributed by atoms with Gasteiger partial charge in [0.1, 0.15) is 10.7 Å². The molecule has 1 aliphatic carbocycles. The maximum Gasteiger partial charge on any atom is 0.244 e. The molecule has 1 heterocycles. The number of nitrogens with zero attached hydrogens (tertiary/aromatic N) is 1. The van der Waals surface area contributed by atoms with Gasteiger partial charge in [-0.2, -0.15) is 0 Å². The summed E-state index contributed by atoms with van der Waals surface area (Å²) in [5.74, 6) is 0.0429. The molecule has 1 aromatic rings. The Balaban J connectivity index is 2.12. The number of nitrogens with two attached hydrogens (primary N) is 1. The third kappa shape index (κ3) is 2.58. The first-order valence-corrected chi connectivity index (χ1v) is 7.18. The van der Waals surface area contributed by atoms with Gasteiger partial charge in [0.25, 0.3) is 0 Å². The molecule has 2 rings (SSSR count). The van der Waals surface area contributed by atoms with E-state index in [1.165, 1.54) is 12.3 Å². The average molecular weight is 255 g/mol. The van der Waals surface area contributed by atoms with Crippen LogP contribution in [0.1, 0.15) is 26.2 Å². The molecule has 0 saturated heterocycles. The van der Waals surface area contributed by atoms with Gasteiger partial charge in [-0.1, -0.05) is 6.92 Å². The summed E-state index contributed by atoms with van der Waals surface area (Å²) < 4.78 is 26.6. The molecular weight excluding hydrogens is 238 g/mol. The summed E-state index contributed by atoms with van der Waals surface area (Å²) in [6.45, 7) is 2.57. The van der Waals surface area contributed by atoms with Crippen LogP contribution >= 0.6 is 0 Å². The van der Waals surface area contributed by atoms with Crippen LogP contribution in [0.25, 0.3) is 0 Å². The summed E-state index contributed by atoms with van der Waals surface area (Å²) in [6, 6.07) is 3.04. The van der Waals surface area contributed by atoms with Crippen molar-refractivity contribution in [2.24, 2.45) is 5.41 Å². The molecule has 17 heavy (non-hydrogen) atoms. The highest BCUT2D eigenvalue weighted by molar-refractivity contribution is 7.89. The Morgan fingerprint density at radius 2 is 2.24 bits per heavy atom. The van der Waals surface area contributed by atoms with Crippen LogP contribution in [0.5, 0.6) is 0 Å². The summed E-state index contributed by atoms with van der Waals surface area (Å²) in [5.41, 5.74) is 5.73. The van der Waals surface area contributed by atoms with Crippen molar-refractivity contribution in [3.8, 4) is 0 Å². The van der Waals surface area contributed by atoms with Gasteiger partial charge in [0.15, 0.2) is 0 Å². The summed E-state index contributed by atoms with van der Waals surface area (Å²) in [5, 5.41) is 0. The molecule has 0 unspecified atom stereocenters. The standard InChI is InChI=1S/C11H17N3O2S/c1-2-11(5-6-11)8-14-17(15,16)9-4-3-7-13-10(9)12/h3-4,7,14H,2,5-6,8H2,1H3,(H2,12,13). The van der Waals surface area contributed by atoms with E-state index in [2.05, 4.69) is 16.6 Å². The average Bonchev–Trinajstić information content (AvgIpc) is 3.08. The third-order valence-electron chi connectivity index (χ3n) is 3.43. The molecular formula is C11H17N3O2S. The quantitative estimate of drug-likeness (QED) is 0.826. The number of nitrogen functional groups attached to an aromatic ring is 1. The first-order chi connectivity index (χ1) is 7.99. The summed E-state index contributed by atoms with van der Waals surface area (Å²) in [4.78, 5) is 3.85. The Morgan fingerprint density at radius 1 is 1.53 bits per heavy atom. The van der Waals surface area contributed by atoms with Gasteiger partial charge >= 0.3 is 0 Å². The maximum absolute atomic E-state index is 12.0. The van der Waals surface area contributed by atoms with E-state index in [1.54, 1.807) is 6.07 Å². The van der Waals surface area contributed by atoms with Crippen molar-refractivity contribution in [2.75, 3.05) is 12.3 Å².